The molecule has 7 heteroatoms. The van der Waals surface area contributed by atoms with E-state index in [-0.39, 0.29) is 5.92 Å². The Morgan fingerprint density at radius 3 is 2.06 bits per heavy atom. The van der Waals surface area contributed by atoms with Gasteiger partial charge >= 0.3 is 0 Å². The first-order valence-electron chi connectivity index (χ1n) is 5.15. The van der Waals surface area contributed by atoms with Gasteiger partial charge in [-0.05, 0) is 18.3 Å². The predicted molar refractivity (Wildman–Crippen MR) is 78.4 cm³/mol. The first-order chi connectivity index (χ1) is 7.55. The molecular formula is C10H11Cl7. The van der Waals surface area contributed by atoms with Crippen molar-refractivity contribution in [2.75, 3.05) is 5.88 Å². The van der Waals surface area contributed by atoms with Gasteiger partial charge in [-0.3, -0.25) is 0 Å². The topological polar surface area (TPSA) is 0 Å². The number of rotatable bonds is 2. The van der Waals surface area contributed by atoms with Crippen molar-refractivity contribution in [2.45, 2.75) is 33.3 Å². The van der Waals surface area contributed by atoms with Gasteiger partial charge in [0.2, 0.25) is 0 Å². The summed E-state index contributed by atoms with van der Waals surface area (Å²) in [4.78, 5) is -0.773. The van der Waals surface area contributed by atoms with Crippen LogP contribution in [0, 0.1) is 16.7 Å². The maximum Gasteiger partial charge on any atom is 0.127 e. The van der Waals surface area contributed by atoms with Gasteiger partial charge < -0.3 is 0 Å². The Labute approximate surface area is 136 Å². The lowest BCUT2D eigenvalue weighted by Gasteiger charge is -2.46. The van der Waals surface area contributed by atoms with E-state index in [4.69, 9.17) is 81.2 Å². The molecule has 2 bridgehead atoms. The number of hydrogen-bond acceptors (Lipinski definition) is 0. The number of halogens is 7. The molecule has 17 heavy (non-hydrogen) atoms. The van der Waals surface area contributed by atoms with Gasteiger partial charge in [0.15, 0.2) is 0 Å². The molecule has 0 heterocycles. The lowest BCUT2D eigenvalue weighted by molar-refractivity contribution is 0.141. The van der Waals surface area contributed by atoms with Crippen LogP contribution >= 0.6 is 81.2 Å². The van der Waals surface area contributed by atoms with Crippen LogP contribution in [0.5, 0.6) is 0 Å². The van der Waals surface area contributed by atoms with Crippen LogP contribution in [0.15, 0.2) is 0 Å². The Bertz CT molecular complexity index is 340. The van der Waals surface area contributed by atoms with E-state index in [0.29, 0.717) is 18.7 Å². The van der Waals surface area contributed by atoms with Crippen LogP contribution in [0.2, 0.25) is 0 Å². The zero-order valence-corrected chi connectivity index (χ0v) is 14.2. The summed E-state index contributed by atoms with van der Waals surface area (Å²) in [6.07, 6.45) is 0.796. The van der Waals surface area contributed by atoms with Gasteiger partial charge in [-0.2, -0.15) is 0 Å². The standard InChI is InChI=1S/C10H11Cl7/c1-7(4-11)5-2-10(16,17)8(7,6(12)13)3-9(5,14)15/h5-6H,2-4H2,1H3. The van der Waals surface area contributed by atoms with E-state index < -0.39 is 24.3 Å². The van der Waals surface area contributed by atoms with Crippen molar-refractivity contribution < 1.29 is 0 Å². The normalized spacial score (nSPS) is 46.8. The Hall–Kier alpha value is 2.03. The average Bonchev–Trinajstić information content (AvgIpc) is 2.47. The summed E-state index contributed by atoms with van der Waals surface area (Å²) in [5.74, 6) is 0.196. The third kappa shape index (κ3) is 1.71. The minimum atomic E-state index is -1.05. The first-order valence-corrected chi connectivity index (χ1v) is 8.07. The Morgan fingerprint density at radius 1 is 1.18 bits per heavy atom. The molecule has 2 rings (SSSR count). The molecule has 2 aliphatic carbocycles. The fraction of sp³-hybridized carbons (Fsp3) is 1.00. The monoisotopic (exact) mass is 376 g/mol. The molecule has 3 atom stereocenters. The van der Waals surface area contributed by atoms with E-state index in [1.807, 2.05) is 6.92 Å². The molecule has 3 unspecified atom stereocenters. The third-order valence-electron chi connectivity index (χ3n) is 4.58. The van der Waals surface area contributed by atoms with Gasteiger partial charge in [0.1, 0.15) is 13.5 Å². The van der Waals surface area contributed by atoms with Crippen molar-refractivity contribution >= 4 is 81.2 Å². The molecule has 0 nitrogen and oxygen atoms in total. The second-order valence-corrected chi connectivity index (χ2v) is 9.61. The summed E-state index contributed by atoms with van der Waals surface area (Å²) < 4.78 is -1.98. The average molecular weight is 379 g/mol. The lowest BCUT2D eigenvalue weighted by Crippen LogP contribution is -2.49. The Balaban J connectivity index is 2.63. The predicted octanol–water partition coefficient (Wildman–Crippen LogP) is 5.79. The van der Waals surface area contributed by atoms with Crippen LogP contribution < -0.4 is 0 Å². The van der Waals surface area contributed by atoms with Gasteiger partial charge in [0, 0.05) is 17.2 Å². The number of hydrogen-bond donors (Lipinski definition) is 0. The van der Waals surface area contributed by atoms with Crippen molar-refractivity contribution in [2.24, 2.45) is 16.7 Å². The van der Waals surface area contributed by atoms with E-state index in [1.165, 1.54) is 0 Å². The van der Waals surface area contributed by atoms with Crippen LogP contribution in [0.1, 0.15) is 19.8 Å². The van der Waals surface area contributed by atoms with Gasteiger partial charge in [-0.15, -0.1) is 81.2 Å². The molecule has 0 aromatic heterocycles. The summed E-state index contributed by atoms with van der Waals surface area (Å²) >= 11 is 44.0. The summed E-state index contributed by atoms with van der Waals surface area (Å²) in [5.41, 5.74) is -1.27. The third-order valence-corrected chi connectivity index (χ3v) is 7.65. The highest BCUT2D eigenvalue weighted by molar-refractivity contribution is 6.54. The summed E-state index contributed by atoms with van der Waals surface area (Å²) in [6, 6.07) is 0. The molecule has 0 saturated heterocycles. The van der Waals surface area contributed by atoms with E-state index in [9.17, 15) is 0 Å². The summed E-state index contributed by atoms with van der Waals surface area (Å²) in [6.45, 7) is 1.96. The number of fused-ring (bicyclic) bond motifs is 2. The van der Waals surface area contributed by atoms with Crippen LogP contribution in [0.25, 0.3) is 0 Å². The summed E-state index contributed by atoms with van der Waals surface area (Å²) in [7, 11) is 0. The molecule has 100 valence electrons. The fourth-order valence-electron chi connectivity index (χ4n) is 3.53. The van der Waals surface area contributed by atoms with E-state index in [0.717, 1.165) is 0 Å². The van der Waals surface area contributed by atoms with Crippen molar-refractivity contribution in [1.82, 2.24) is 0 Å². The smallest absolute Gasteiger partial charge is 0.126 e. The second-order valence-electron chi connectivity index (χ2n) is 5.22. The van der Waals surface area contributed by atoms with Crippen LogP contribution in [-0.4, -0.2) is 19.4 Å². The zero-order valence-electron chi connectivity index (χ0n) is 8.92. The highest BCUT2D eigenvalue weighted by atomic mass is 35.5. The summed E-state index contributed by atoms with van der Waals surface area (Å²) in [5, 5.41) is 0. The van der Waals surface area contributed by atoms with E-state index >= 15 is 0 Å². The molecular weight excluding hydrogens is 368 g/mol. The van der Waals surface area contributed by atoms with Crippen molar-refractivity contribution in [3.05, 3.63) is 0 Å². The molecule has 0 N–H and O–H groups in total. The van der Waals surface area contributed by atoms with Gasteiger partial charge in [0.25, 0.3) is 0 Å². The fourth-order valence-corrected chi connectivity index (χ4v) is 7.36. The maximum absolute atomic E-state index is 6.43. The molecule has 0 aromatic carbocycles. The molecule has 0 aliphatic heterocycles. The molecule has 2 saturated carbocycles. The SMILES string of the molecule is CC1(CCl)C2CC(Cl)(Cl)C1(C(Cl)Cl)CC2(Cl)Cl. The largest absolute Gasteiger partial charge is 0.127 e. The second kappa shape index (κ2) is 4.26. The van der Waals surface area contributed by atoms with Gasteiger partial charge in [-0.1, -0.05) is 6.92 Å². The van der Waals surface area contributed by atoms with Crippen LogP contribution in [-0.2, 0) is 0 Å². The molecule has 2 fully saturated rings. The minimum Gasteiger partial charge on any atom is -0.126 e. The van der Waals surface area contributed by atoms with Crippen molar-refractivity contribution in [3.63, 3.8) is 0 Å². The molecule has 0 amide bonds. The quantitative estimate of drug-likeness (QED) is 0.533. The molecule has 0 aromatic rings. The van der Waals surface area contributed by atoms with E-state index in [1.54, 1.807) is 0 Å². The zero-order chi connectivity index (χ0) is 13.3. The van der Waals surface area contributed by atoms with Crippen molar-refractivity contribution in [3.8, 4) is 0 Å². The number of alkyl halides is 7. The van der Waals surface area contributed by atoms with Crippen LogP contribution in [0.3, 0.4) is 0 Å². The first kappa shape index (κ1) is 15.4. The minimum absolute atomic E-state index is 0.120. The maximum atomic E-state index is 6.43. The van der Waals surface area contributed by atoms with E-state index in [2.05, 4.69) is 0 Å². The molecule has 0 spiro atoms. The molecule has 0 radical (unpaired) electrons. The van der Waals surface area contributed by atoms with Crippen LogP contribution in [0.4, 0.5) is 0 Å². The lowest BCUT2D eigenvalue weighted by atomic mass is 9.70. The highest BCUT2D eigenvalue weighted by Gasteiger charge is 2.80. The highest BCUT2D eigenvalue weighted by Crippen LogP contribution is 2.80. The van der Waals surface area contributed by atoms with Gasteiger partial charge in [-0.25, -0.2) is 0 Å². The Kier molecular flexibility index (Phi) is 3.87. The van der Waals surface area contributed by atoms with Gasteiger partial charge in [0.05, 0.1) is 0 Å². The van der Waals surface area contributed by atoms with Crippen molar-refractivity contribution in [1.29, 1.82) is 0 Å². The Morgan fingerprint density at radius 2 is 1.71 bits per heavy atom. The molecule has 2 aliphatic rings.